The number of fused-ring (bicyclic) bond motifs is 2. The highest BCUT2D eigenvalue weighted by Crippen LogP contribution is 2.28. The molecular weight excluding hydrogens is 364 g/mol. The SMILES string of the molecule is C[C@@H](c1c[nH]c(=O)c2cc(F)c(F)cc12)N(C)C(=O)c1cc2c([nH]1)CCCC2. The number of nitrogens with zero attached hydrogens (tertiary/aromatic N) is 1. The maximum absolute atomic E-state index is 13.8. The molecule has 1 atom stereocenters. The van der Waals surface area contributed by atoms with Crippen LogP contribution in [0.3, 0.4) is 0 Å². The monoisotopic (exact) mass is 385 g/mol. The van der Waals surface area contributed by atoms with Gasteiger partial charge in [0.25, 0.3) is 11.5 Å². The Labute approximate surface area is 160 Å². The van der Waals surface area contributed by atoms with Gasteiger partial charge in [-0.2, -0.15) is 0 Å². The summed E-state index contributed by atoms with van der Waals surface area (Å²) < 4.78 is 27.4. The first-order chi connectivity index (χ1) is 13.4. The van der Waals surface area contributed by atoms with Gasteiger partial charge >= 0.3 is 0 Å². The summed E-state index contributed by atoms with van der Waals surface area (Å²) in [5, 5.41) is 0.347. The van der Waals surface area contributed by atoms with E-state index in [9.17, 15) is 18.4 Å². The molecule has 5 nitrogen and oxygen atoms in total. The number of amides is 1. The molecule has 0 radical (unpaired) electrons. The number of rotatable bonds is 3. The third-order valence-corrected chi connectivity index (χ3v) is 5.67. The molecular formula is C21H21F2N3O2. The zero-order valence-corrected chi connectivity index (χ0v) is 15.7. The van der Waals surface area contributed by atoms with E-state index in [4.69, 9.17) is 0 Å². The van der Waals surface area contributed by atoms with E-state index in [0.717, 1.165) is 43.5 Å². The maximum atomic E-state index is 13.8. The fraction of sp³-hybridized carbons (Fsp3) is 0.333. The van der Waals surface area contributed by atoms with Crippen molar-refractivity contribution in [3.05, 3.63) is 68.9 Å². The highest BCUT2D eigenvalue weighted by atomic mass is 19.2. The fourth-order valence-electron chi connectivity index (χ4n) is 3.91. The fourth-order valence-corrected chi connectivity index (χ4v) is 3.91. The number of carbonyl (C=O) groups is 1. The first-order valence-electron chi connectivity index (χ1n) is 9.35. The predicted molar refractivity (Wildman–Crippen MR) is 102 cm³/mol. The summed E-state index contributed by atoms with van der Waals surface area (Å²) in [6.07, 6.45) is 5.59. The molecule has 1 aliphatic carbocycles. The zero-order valence-electron chi connectivity index (χ0n) is 15.7. The minimum absolute atomic E-state index is 0.0550. The zero-order chi connectivity index (χ0) is 20.0. The van der Waals surface area contributed by atoms with E-state index < -0.39 is 23.2 Å². The van der Waals surface area contributed by atoms with Crippen molar-refractivity contribution in [2.24, 2.45) is 0 Å². The van der Waals surface area contributed by atoms with Crippen molar-refractivity contribution in [1.29, 1.82) is 0 Å². The van der Waals surface area contributed by atoms with Crippen LogP contribution in [0.2, 0.25) is 0 Å². The number of H-pyrrole nitrogens is 2. The Morgan fingerprint density at radius 3 is 2.50 bits per heavy atom. The second-order valence-electron chi connectivity index (χ2n) is 7.37. The summed E-state index contributed by atoms with van der Waals surface area (Å²) in [6, 6.07) is 3.34. The summed E-state index contributed by atoms with van der Waals surface area (Å²) in [6.45, 7) is 1.79. The molecule has 4 rings (SSSR count). The van der Waals surface area contributed by atoms with Crippen molar-refractivity contribution < 1.29 is 13.6 Å². The van der Waals surface area contributed by atoms with Gasteiger partial charge < -0.3 is 14.9 Å². The molecule has 28 heavy (non-hydrogen) atoms. The lowest BCUT2D eigenvalue weighted by Gasteiger charge is -2.26. The van der Waals surface area contributed by atoms with E-state index in [0.29, 0.717) is 16.6 Å². The highest BCUT2D eigenvalue weighted by molar-refractivity contribution is 5.93. The molecule has 3 aromatic rings. The van der Waals surface area contributed by atoms with Crippen molar-refractivity contribution >= 4 is 16.7 Å². The van der Waals surface area contributed by atoms with Crippen LogP contribution in [-0.2, 0) is 12.8 Å². The molecule has 1 amide bonds. The normalized spacial score (nSPS) is 14.7. The first kappa shape index (κ1) is 18.4. The molecule has 7 heteroatoms. The Kier molecular flexibility index (Phi) is 4.53. The van der Waals surface area contributed by atoms with Crippen LogP contribution in [0, 0.1) is 11.6 Å². The largest absolute Gasteiger partial charge is 0.354 e. The van der Waals surface area contributed by atoms with Crippen LogP contribution in [0.1, 0.15) is 53.1 Å². The Bertz CT molecular complexity index is 1110. The molecule has 0 aliphatic heterocycles. The molecule has 0 fully saturated rings. The van der Waals surface area contributed by atoms with E-state index in [-0.39, 0.29) is 11.3 Å². The third-order valence-electron chi connectivity index (χ3n) is 5.67. The smallest absolute Gasteiger partial charge is 0.270 e. The number of aryl methyl sites for hydroxylation is 2. The van der Waals surface area contributed by atoms with Gasteiger partial charge in [-0.3, -0.25) is 9.59 Å². The van der Waals surface area contributed by atoms with Crippen LogP contribution >= 0.6 is 0 Å². The minimum Gasteiger partial charge on any atom is -0.354 e. The Balaban J connectivity index is 1.70. The van der Waals surface area contributed by atoms with Gasteiger partial charge in [0.1, 0.15) is 5.69 Å². The van der Waals surface area contributed by atoms with Gasteiger partial charge in [0.2, 0.25) is 0 Å². The Morgan fingerprint density at radius 1 is 1.11 bits per heavy atom. The summed E-state index contributed by atoms with van der Waals surface area (Å²) >= 11 is 0. The minimum atomic E-state index is -1.08. The molecule has 1 aliphatic rings. The Hall–Kier alpha value is -2.96. The van der Waals surface area contributed by atoms with E-state index in [1.807, 2.05) is 6.07 Å². The number of nitrogens with one attached hydrogen (secondary N) is 2. The number of aromatic nitrogens is 2. The average molecular weight is 385 g/mol. The van der Waals surface area contributed by atoms with Crippen LogP contribution in [0.15, 0.2) is 29.2 Å². The molecule has 2 N–H and O–H groups in total. The number of aromatic amines is 2. The van der Waals surface area contributed by atoms with E-state index in [1.165, 1.54) is 16.7 Å². The lowest BCUT2D eigenvalue weighted by molar-refractivity contribution is 0.0738. The number of pyridine rings is 1. The third kappa shape index (κ3) is 3.00. The molecule has 2 heterocycles. The van der Waals surface area contributed by atoms with Crippen molar-refractivity contribution in [3.63, 3.8) is 0 Å². The highest BCUT2D eigenvalue weighted by Gasteiger charge is 2.24. The molecule has 0 spiro atoms. The molecule has 0 saturated heterocycles. The summed E-state index contributed by atoms with van der Waals surface area (Å²) in [4.78, 5) is 32.3. The number of hydrogen-bond donors (Lipinski definition) is 2. The van der Waals surface area contributed by atoms with Crippen molar-refractivity contribution in [1.82, 2.24) is 14.9 Å². The van der Waals surface area contributed by atoms with Gasteiger partial charge in [0, 0.05) is 18.9 Å². The van der Waals surface area contributed by atoms with E-state index in [1.54, 1.807) is 14.0 Å². The average Bonchev–Trinajstić information content (AvgIpc) is 3.12. The second kappa shape index (κ2) is 6.89. The summed E-state index contributed by atoms with van der Waals surface area (Å²) in [5.74, 6) is -2.30. The standard InChI is InChI=1S/C21H21F2N3O2/c1-11(15-10-24-20(27)14-9-17(23)16(22)8-13(14)15)26(2)21(28)19-7-12-5-3-4-6-18(12)25-19/h7-11,25H,3-6H2,1-2H3,(H,24,27)/t11-/m0/s1. The van der Waals surface area contributed by atoms with Gasteiger partial charge in [-0.05, 0) is 67.3 Å². The topological polar surface area (TPSA) is 69.0 Å². The van der Waals surface area contributed by atoms with Crippen molar-refractivity contribution in [2.45, 2.75) is 38.6 Å². The van der Waals surface area contributed by atoms with Gasteiger partial charge in [-0.1, -0.05) is 0 Å². The number of hydrogen-bond acceptors (Lipinski definition) is 2. The van der Waals surface area contributed by atoms with Gasteiger partial charge in [0.15, 0.2) is 11.6 Å². The quantitative estimate of drug-likeness (QED) is 0.719. The van der Waals surface area contributed by atoms with Gasteiger partial charge in [0.05, 0.1) is 11.4 Å². The van der Waals surface area contributed by atoms with Gasteiger partial charge in [-0.15, -0.1) is 0 Å². The van der Waals surface area contributed by atoms with Crippen molar-refractivity contribution in [3.8, 4) is 0 Å². The van der Waals surface area contributed by atoms with Crippen LogP contribution in [0.25, 0.3) is 10.8 Å². The lowest BCUT2D eigenvalue weighted by atomic mass is 9.98. The van der Waals surface area contributed by atoms with Crippen LogP contribution in [-0.4, -0.2) is 27.8 Å². The lowest BCUT2D eigenvalue weighted by Crippen LogP contribution is -2.30. The first-order valence-corrected chi connectivity index (χ1v) is 9.35. The van der Waals surface area contributed by atoms with Crippen LogP contribution in [0.5, 0.6) is 0 Å². The molecule has 1 aromatic carbocycles. The molecule has 0 bridgehead atoms. The Morgan fingerprint density at radius 2 is 1.79 bits per heavy atom. The molecule has 2 aromatic heterocycles. The van der Waals surface area contributed by atoms with E-state index in [2.05, 4.69) is 9.97 Å². The number of carbonyl (C=O) groups excluding carboxylic acids is 1. The van der Waals surface area contributed by atoms with Crippen LogP contribution < -0.4 is 5.56 Å². The summed E-state index contributed by atoms with van der Waals surface area (Å²) in [7, 11) is 1.66. The van der Waals surface area contributed by atoms with Crippen molar-refractivity contribution in [2.75, 3.05) is 7.05 Å². The van der Waals surface area contributed by atoms with Crippen LogP contribution in [0.4, 0.5) is 8.78 Å². The van der Waals surface area contributed by atoms with Gasteiger partial charge in [-0.25, -0.2) is 8.78 Å². The predicted octanol–water partition coefficient (Wildman–Crippen LogP) is 3.85. The second-order valence-corrected chi connectivity index (χ2v) is 7.37. The maximum Gasteiger partial charge on any atom is 0.270 e. The van der Waals surface area contributed by atoms with E-state index >= 15 is 0 Å². The number of benzene rings is 1. The molecule has 146 valence electrons. The number of halogens is 2. The summed E-state index contributed by atoms with van der Waals surface area (Å²) in [5.41, 5.74) is 2.86. The molecule has 0 saturated carbocycles. The molecule has 0 unspecified atom stereocenters.